The molecule has 0 aliphatic rings. The van der Waals surface area contributed by atoms with Gasteiger partial charge >= 0.3 is 6.61 Å². The highest BCUT2D eigenvalue weighted by atomic mass is 32.1. The molecule has 0 aliphatic heterocycles. The van der Waals surface area contributed by atoms with Crippen LogP contribution in [0.1, 0.15) is 50.1 Å². The van der Waals surface area contributed by atoms with E-state index < -0.39 is 12.7 Å². The topological polar surface area (TPSA) is 78.8 Å². The first-order valence-electron chi connectivity index (χ1n) is 9.39. The quantitative estimate of drug-likeness (QED) is 0.442. The second kappa shape index (κ2) is 10.5. The SMILES string of the molecule is CCNC(=NCc1nc(C(C)(C)C)cs1)NCC(O)c1ccc(OC(F)F)cc1. The standard InChI is InChI=1S/C20H28F2N4O2S/c1-5-23-19(25-11-17-26-16(12-29-17)20(2,3)4)24-10-15(27)13-6-8-14(9-7-13)28-18(21)22/h6-9,12,15,18,27H,5,10-11H2,1-4H3,(H2,23,24,25). The van der Waals surface area contributed by atoms with Gasteiger partial charge in [-0.1, -0.05) is 32.9 Å². The van der Waals surface area contributed by atoms with Crippen molar-refractivity contribution in [2.24, 2.45) is 4.99 Å². The maximum atomic E-state index is 12.2. The van der Waals surface area contributed by atoms with Crippen LogP contribution in [0.25, 0.3) is 0 Å². The van der Waals surface area contributed by atoms with Gasteiger partial charge in [-0.05, 0) is 24.6 Å². The molecule has 0 saturated carbocycles. The molecule has 1 atom stereocenters. The Bertz CT molecular complexity index is 789. The highest BCUT2D eigenvalue weighted by Crippen LogP contribution is 2.24. The lowest BCUT2D eigenvalue weighted by molar-refractivity contribution is -0.0498. The molecule has 0 bridgehead atoms. The number of aliphatic hydroxyl groups excluding tert-OH is 1. The van der Waals surface area contributed by atoms with Crippen LogP contribution in [0.2, 0.25) is 0 Å². The van der Waals surface area contributed by atoms with Crippen LogP contribution < -0.4 is 15.4 Å². The number of rotatable bonds is 8. The zero-order valence-electron chi connectivity index (χ0n) is 17.1. The van der Waals surface area contributed by atoms with E-state index in [1.807, 2.05) is 6.92 Å². The molecule has 1 aromatic carbocycles. The molecule has 1 heterocycles. The summed E-state index contributed by atoms with van der Waals surface area (Å²) in [5, 5.41) is 19.5. The Kier molecular flexibility index (Phi) is 8.33. The molecule has 1 aromatic heterocycles. The van der Waals surface area contributed by atoms with Gasteiger partial charge in [0.2, 0.25) is 0 Å². The summed E-state index contributed by atoms with van der Waals surface area (Å²) in [6, 6.07) is 5.91. The molecule has 6 nitrogen and oxygen atoms in total. The van der Waals surface area contributed by atoms with E-state index in [0.29, 0.717) is 24.6 Å². The number of guanidine groups is 1. The summed E-state index contributed by atoms with van der Waals surface area (Å²) >= 11 is 1.57. The third-order valence-electron chi connectivity index (χ3n) is 3.99. The molecule has 0 amide bonds. The summed E-state index contributed by atoms with van der Waals surface area (Å²) in [6.45, 7) is 6.77. The summed E-state index contributed by atoms with van der Waals surface area (Å²) in [7, 11) is 0. The van der Waals surface area contributed by atoms with Crippen molar-refractivity contribution < 1.29 is 18.6 Å². The Balaban J connectivity index is 1.94. The molecule has 2 aromatic rings. The molecule has 0 radical (unpaired) electrons. The van der Waals surface area contributed by atoms with Crippen LogP contribution in [0.3, 0.4) is 0 Å². The Hall–Kier alpha value is -2.26. The second-order valence-electron chi connectivity index (χ2n) is 7.42. The summed E-state index contributed by atoms with van der Waals surface area (Å²) < 4.78 is 28.7. The van der Waals surface area contributed by atoms with Gasteiger partial charge < -0.3 is 20.5 Å². The highest BCUT2D eigenvalue weighted by molar-refractivity contribution is 7.09. The minimum atomic E-state index is -2.87. The van der Waals surface area contributed by atoms with E-state index in [-0.39, 0.29) is 17.7 Å². The summed E-state index contributed by atoms with van der Waals surface area (Å²) in [5.41, 5.74) is 1.63. The highest BCUT2D eigenvalue weighted by Gasteiger charge is 2.17. The van der Waals surface area contributed by atoms with Gasteiger partial charge in [0, 0.05) is 23.9 Å². The lowest BCUT2D eigenvalue weighted by Gasteiger charge is -2.16. The van der Waals surface area contributed by atoms with Gasteiger partial charge in [0.25, 0.3) is 0 Å². The molecule has 1 unspecified atom stereocenters. The second-order valence-corrected chi connectivity index (χ2v) is 8.36. The first-order valence-corrected chi connectivity index (χ1v) is 10.3. The van der Waals surface area contributed by atoms with Crippen LogP contribution in [0.5, 0.6) is 5.75 Å². The van der Waals surface area contributed by atoms with Gasteiger partial charge in [-0.3, -0.25) is 0 Å². The first kappa shape index (κ1) is 23.0. The van der Waals surface area contributed by atoms with Crippen LogP contribution in [0.4, 0.5) is 8.78 Å². The number of aromatic nitrogens is 1. The number of aliphatic imine (C=N–C) groups is 1. The summed E-state index contributed by atoms with van der Waals surface area (Å²) in [5.74, 6) is 0.619. The average Bonchev–Trinajstić information content (AvgIpc) is 3.13. The number of alkyl halides is 2. The predicted molar refractivity (Wildman–Crippen MR) is 112 cm³/mol. The summed E-state index contributed by atoms with van der Waals surface area (Å²) in [6.07, 6.45) is -0.827. The van der Waals surface area contributed by atoms with Crippen molar-refractivity contribution in [2.45, 2.75) is 52.4 Å². The van der Waals surface area contributed by atoms with E-state index in [9.17, 15) is 13.9 Å². The van der Waals surface area contributed by atoms with Crippen molar-refractivity contribution in [2.75, 3.05) is 13.1 Å². The average molecular weight is 427 g/mol. The van der Waals surface area contributed by atoms with E-state index in [1.54, 1.807) is 23.5 Å². The molecule has 0 aliphatic carbocycles. The van der Waals surface area contributed by atoms with Crippen LogP contribution in [-0.2, 0) is 12.0 Å². The smallest absolute Gasteiger partial charge is 0.387 e. The maximum absolute atomic E-state index is 12.2. The van der Waals surface area contributed by atoms with Crippen LogP contribution >= 0.6 is 11.3 Å². The van der Waals surface area contributed by atoms with Crippen molar-refractivity contribution in [3.05, 3.63) is 45.9 Å². The number of nitrogens with zero attached hydrogens (tertiary/aromatic N) is 2. The first-order chi connectivity index (χ1) is 13.7. The largest absolute Gasteiger partial charge is 0.435 e. The summed E-state index contributed by atoms with van der Waals surface area (Å²) in [4.78, 5) is 9.15. The van der Waals surface area contributed by atoms with Gasteiger partial charge in [-0.25, -0.2) is 9.98 Å². The normalized spacial score (nSPS) is 13.4. The van der Waals surface area contributed by atoms with Crippen molar-refractivity contribution in [3.63, 3.8) is 0 Å². The van der Waals surface area contributed by atoms with Crippen molar-refractivity contribution in [3.8, 4) is 5.75 Å². The third kappa shape index (κ3) is 7.58. The molecule has 29 heavy (non-hydrogen) atoms. The van der Waals surface area contributed by atoms with Gasteiger partial charge in [-0.2, -0.15) is 8.78 Å². The van der Waals surface area contributed by atoms with Gasteiger partial charge in [0.15, 0.2) is 5.96 Å². The molecule has 160 valence electrons. The Morgan fingerprint density at radius 1 is 1.24 bits per heavy atom. The van der Waals surface area contributed by atoms with E-state index in [4.69, 9.17) is 0 Å². The van der Waals surface area contributed by atoms with Gasteiger partial charge in [-0.15, -0.1) is 11.3 Å². The molecule has 9 heteroatoms. The van der Waals surface area contributed by atoms with E-state index in [1.165, 1.54) is 12.1 Å². The number of halogens is 2. The molecular weight excluding hydrogens is 398 g/mol. The maximum Gasteiger partial charge on any atom is 0.387 e. The number of hydrogen-bond acceptors (Lipinski definition) is 5. The fraction of sp³-hybridized carbons (Fsp3) is 0.500. The molecule has 0 fully saturated rings. The fourth-order valence-corrected chi connectivity index (χ4v) is 3.34. The molecule has 0 saturated heterocycles. The Morgan fingerprint density at radius 3 is 2.48 bits per heavy atom. The van der Waals surface area contributed by atoms with Gasteiger partial charge in [0.05, 0.1) is 18.3 Å². The number of nitrogens with one attached hydrogen (secondary N) is 2. The van der Waals surface area contributed by atoms with Crippen molar-refractivity contribution in [1.29, 1.82) is 0 Å². The van der Waals surface area contributed by atoms with Crippen molar-refractivity contribution in [1.82, 2.24) is 15.6 Å². The van der Waals surface area contributed by atoms with E-state index in [2.05, 4.69) is 51.5 Å². The minimum Gasteiger partial charge on any atom is -0.435 e. The zero-order valence-corrected chi connectivity index (χ0v) is 17.9. The lowest BCUT2D eigenvalue weighted by atomic mass is 9.93. The van der Waals surface area contributed by atoms with E-state index in [0.717, 1.165) is 10.7 Å². The number of aliphatic hydroxyl groups is 1. The van der Waals surface area contributed by atoms with E-state index >= 15 is 0 Å². The number of hydrogen-bond donors (Lipinski definition) is 3. The Labute approximate surface area is 174 Å². The zero-order chi connectivity index (χ0) is 21.4. The van der Waals surface area contributed by atoms with Crippen LogP contribution in [-0.4, -0.2) is 35.8 Å². The molecular formula is C20H28F2N4O2S. The van der Waals surface area contributed by atoms with Crippen LogP contribution in [0.15, 0.2) is 34.6 Å². The molecule has 0 spiro atoms. The lowest BCUT2D eigenvalue weighted by Crippen LogP contribution is -2.39. The van der Waals surface area contributed by atoms with Gasteiger partial charge in [0.1, 0.15) is 10.8 Å². The number of benzene rings is 1. The number of thiazole rings is 1. The monoisotopic (exact) mass is 426 g/mol. The molecule has 2 rings (SSSR count). The Morgan fingerprint density at radius 2 is 1.93 bits per heavy atom. The third-order valence-corrected chi connectivity index (χ3v) is 4.82. The van der Waals surface area contributed by atoms with Crippen molar-refractivity contribution >= 4 is 17.3 Å². The minimum absolute atomic E-state index is 0.00122. The predicted octanol–water partition coefficient (Wildman–Crippen LogP) is 3.83. The number of ether oxygens (including phenoxy) is 1. The molecule has 3 N–H and O–H groups in total. The van der Waals surface area contributed by atoms with Crippen LogP contribution in [0, 0.1) is 0 Å². The fourth-order valence-electron chi connectivity index (χ4n) is 2.40.